The molecule has 0 saturated heterocycles. The van der Waals surface area contributed by atoms with Crippen molar-refractivity contribution in [1.29, 1.82) is 0 Å². The van der Waals surface area contributed by atoms with Crippen molar-refractivity contribution in [3.05, 3.63) is 23.9 Å². The standard InChI is InChI=1S/C24H34N2O2/c1-16-2-7-23(25-15-16)28-21-5-3-20(4-6-21)26-22(27)14-24-11-17-8-18(12-24)10-19(9-17)13-24/h2,7,15,17-21H,3-6,8-14H2,1H3,(H,26,27). The first-order chi connectivity index (χ1) is 13.6. The van der Waals surface area contributed by atoms with Gasteiger partial charge in [0.05, 0.1) is 0 Å². The summed E-state index contributed by atoms with van der Waals surface area (Å²) in [5, 5.41) is 3.38. The maximum absolute atomic E-state index is 12.8. The molecular weight excluding hydrogens is 348 g/mol. The van der Waals surface area contributed by atoms with Crippen LogP contribution in [0.5, 0.6) is 5.88 Å². The lowest BCUT2D eigenvalue weighted by Gasteiger charge is -2.56. The third kappa shape index (κ3) is 3.92. The molecule has 0 aliphatic heterocycles. The third-order valence-corrected chi connectivity index (χ3v) is 7.91. The number of amides is 1. The van der Waals surface area contributed by atoms with Gasteiger partial charge < -0.3 is 10.1 Å². The van der Waals surface area contributed by atoms with Gasteiger partial charge in [-0.05, 0) is 99.9 Å². The van der Waals surface area contributed by atoms with E-state index in [0.29, 0.717) is 17.4 Å². The highest BCUT2D eigenvalue weighted by atomic mass is 16.5. The predicted molar refractivity (Wildman–Crippen MR) is 109 cm³/mol. The molecule has 1 amide bonds. The minimum atomic E-state index is 0.228. The minimum absolute atomic E-state index is 0.228. The van der Waals surface area contributed by atoms with Gasteiger partial charge in [0, 0.05) is 24.7 Å². The van der Waals surface area contributed by atoms with Gasteiger partial charge in [0.25, 0.3) is 0 Å². The first kappa shape index (κ1) is 18.4. The van der Waals surface area contributed by atoms with Gasteiger partial charge in [-0.2, -0.15) is 0 Å². The van der Waals surface area contributed by atoms with Crippen molar-refractivity contribution in [3.8, 4) is 5.88 Å². The molecule has 5 aliphatic rings. The summed E-state index contributed by atoms with van der Waals surface area (Å²) in [5.41, 5.74) is 1.49. The Morgan fingerprint density at radius 2 is 1.71 bits per heavy atom. The summed E-state index contributed by atoms with van der Waals surface area (Å²) in [6.45, 7) is 2.04. The van der Waals surface area contributed by atoms with Crippen LogP contribution in [0.3, 0.4) is 0 Å². The Labute approximate surface area is 168 Å². The Balaban J connectivity index is 1.09. The molecule has 5 fully saturated rings. The first-order valence-corrected chi connectivity index (χ1v) is 11.4. The van der Waals surface area contributed by atoms with E-state index in [2.05, 4.69) is 10.3 Å². The van der Waals surface area contributed by atoms with Crippen LogP contribution in [0.1, 0.15) is 76.2 Å². The molecule has 4 heteroatoms. The summed E-state index contributed by atoms with van der Waals surface area (Å²) in [5.74, 6) is 3.79. The summed E-state index contributed by atoms with van der Waals surface area (Å²) in [6, 6.07) is 4.32. The Kier molecular flexibility index (Phi) is 4.84. The summed E-state index contributed by atoms with van der Waals surface area (Å²) in [6.07, 6.45) is 15.2. The van der Waals surface area contributed by atoms with E-state index in [1.165, 1.54) is 38.5 Å². The van der Waals surface area contributed by atoms with Crippen molar-refractivity contribution in [2.24, 2.45) is 23.2 Å². The second-order valence-corrected chi connectivity index (χ2v) is 10.4. The van der Waals surface area contributed by atoms with E-state index in [-0.39, 0.29) is 6.10 Å². The van der Waals surface area contributed by atoms with Gasteiger partial charge in [0.2, 0.25) is 11.8 Å². The molecule has 28 heavy (non-hydrogen) atoms. The maximum atomic E-state index is 12.8. The number of carbonyl (C=O) groups excluding carboxylic acids is 1. The fourth-order valence-electron chi connectivity index (χ4n) is 7.15. The average Bonchev–Trinajstić information content (AvgIpc) is 2.63. The number of nitrogens with zero attached hydrogens (tertiary/aromatic N) is 1. The zero-order chi connectivity index (χ0) is 19.1. The molecule has 5 aliphatic carbocycles. The van der Waals surface area contributed by atoms with Crippen LogP contribution < -0.4 is 10.1 Å². The lowest BCUT2D eigenvalue weighted by molar-refractivity contribution is -0.130. The number of nitrogens with one attached hydrogen (secondary N) is 1. The van der Waals surface area contributed by atoms with Crippen LogP contribution >= 0.6 is 0 Å². The number of rotatable bonds is 5. The van der Waals surface area contributed by atoms with E-state index in [4.69, 9.17) is 4.74 Å². The number of aromatic nitrogens is 1. The van der Waals surface area contributed by atoms with Crippen molar-refractivity contribution in [2.45, 2.75) is 89.7 Å². The van der Waals surface area contributed by atoms with Crippen molar-refractivity contribution in [1.82, 2.24) is 10.3 Å². The van der Waals surface area contributed by atoms with E-state index in [1.54, 1.807) is 0 Å². The normalized spacial score (nSPS) is 39.0. The molecule has 5 saturated carbocycles. The van der Waals surface area contributed by atoms with Gasteiger partial charge in [0.1, 0.15) is 6.10 Å². The smallest absolute Gasteiger partial charge is 0.220 e. The van der Waals surface area contributed by atoms with Crippen LogP contribution in [-0.2, 0) is 4.79 Å². The summed E-state index contributed by atoms with van der Waals surface area (Å²) >= 11 is 0. The van der Waals surface area contributed by atoms with Crippen molar-refractivity contribution < 1.29 is 9.53 Å². The SMILES string of the molecule is Cc1ccc(OC2CCC(NC(=O)CC34CC5CC(CC(C5)C3)C4)CC2)nc1. The van der Waals surface area contributed by atoms with Gasteiger partial charge in [0.15, 0.2) is 0 Å². The van der Waals surface area contributed by atoms with Crippen LogP contribution in [0, 0.1) is 30.1 Å². The lowest BCUT2D eigenvalue weighted by Crippen LogP contribution is -2.49. The van der Waals surface area contributed by atoms with Gasteiger partial charge >= 0.3 is 0 Å². The van der Waals surface area contributed by atoms with Gasteiger partial charge in [-0.1, -0.05) is 6.07 Å². The predicted octanol–water partition coefficient (Wildman–Crippen LogP) is 4.80. The van der Waals surface area contributed by atoms with E-state index >= 15 is 0 Å². The Bertz CT molecular complexity index is 671. The zero-order valence-electron chi connectivity index (χ0n) is 17.2. The third-order valence-electron chi connectivity index (χ3n) is 7.91. The van der Waals surface area contributed by atoms with Crippen LogP contribution in [0.25, 0.3) is 0 Å². The van der Waals surface area contributed by atoms with Crippen LogP contribution in [0.4, 0.5) is 0 Å². The van der Waals surface area contributed by atoms with Crippen LogP contribution in [0.2, 0.25) is 0 Å². The fraction of sp³-hybridized carbons (Fsp3) is 0.750. The number of pyridine rings is 1. The molecule has 1 aromatic rings. The first-order valence-electron chi connectivity index (χ1n) is 11.4. The molecule has 0 radical (unpaired) electrons. The highest BCUT2D eigenvalue weighted by molar-refractivity contribution is 5.77. The molecule has 152 valence electrons. The maximum Gasteiger partial charge on any atom is 0.220 e. The quantitative estimate of drug-likeness (QED) is 0.795. The number of aryl methyl sites for hydroxylation is 1. The summed E-state index contributed by atoms with van der Waals surface area (Å²) in [4.78, 5) is 17.2. The topological polar surface area (TPSA) is 51.2 Å². The molecule has 0 unspecified atom stereocenters. The Morgan fingerprint density at radius 1 is 1.07 bits per heavy atom. The van der Waals surface area contributed by atoms with Crippen molar-refractivity contribution >= 4 is 5.91 Å². The average molecular weight is 383 g/mol. The Hall–Kier alpha value is -1.58. The van der Waals surface area contributed by atoms with Crippen LogP contribution in [-0.4, -0.2) is 23.0 Å². The summed E-state index contributed by atoms with van der Waals surface area (Å²) in [7, 11) is 0. The largest absolute Gasteiger partial charge is 0.474 e. The van der Waals surface area contributed by atoms with Crippen LogP contribution in [0.15, 0.2) is 18.3 Å². The molecule has 0 spiro atoms. The molecule has 6 rings (SSSR count). The highest BCUT2D eigenvalue weighted by Gasteiger charge is 2.51. The number of carbonyl (C=O) groups is 1. The lowest BCUT2D eigenvalue weighted by atomic mass is 9.49. The van der Waals surface area contributed by atoms with E-state index < -0.39 is 0 Å². The van der Waals surface area contributed by atoms with E-state index in [1.807, 2.05) is 25.3 Å². The molecule has 0 atom stereocenters. The molecule has 1 heterocycles. The number of hydrogen-bond donors (Lipinski definition) is 1. The molecule has 4 bridgehead atoms. The van der Waals surface area contributed by atoms with E-state index in [9.17, 15) is 4.79 Å². The molecular formula is C24H34N2O2. The molecule has 1 aromatic heterocycles. The van der Waals surface area contributed by atoms with E-state index in [0.717, 1.165) is 61.3 Å². The van der Waals surface area contributed by atoms with Gasteiger partial charge in [-0.15, -0.1) is 0 Å². The van der Waals surface area contributed by atoms with Gasteiger partial charge in [-0.3, -0.25) is 4.79 Å². The second-order valence-electron chi connectivity index (χ2n) is 10.4. The van der Waals surface area contributed by atoms with Crippen molar-refractivity contribution in [2.75, 3.05) is 0 Å². The van der Waals surface area contributed by atoms with Gasteiger partial charge in [-0.25, -0.2) is 4.98 Å². The second kappa shape index (κ2) is 7.35. The number of ether oxygens (including phenoxy) is 1. The fourth-order valence-corrected chi connectivity index (χ4v) is 7.15. The summed E-state index contributed by atoms with van der Waals surface area (Å²) < 4.78 is 6.03. The zero-order valence-corrected chi connectivity index (χ0v) is 17.2. The molecule has 4 nitrogen and oxygen atoms in total. The minimum Gasteiger partial charge on any atom is -0.474 e. The Morgan fingerprint density at radius 3 is 2.29 bits per heavy atom. The molecule has 1 N–H and O–H groups in total. The molecule has 0 aromatic carbocycles. The highest BCUT2D eigenvalue weighted by Crippen LogP contribution is 2.61. The van der Waals surface area contributed by atoms with Crippen molar-refractivity contribution in [3.63, 3.8) is 0 Å². The monoisotopic (exact) mass is 382 g/mol. The number of hydrogen-bond acceptors (Lipinski definition) is 3.